The summed E-state index contributed by atoms with van der Waals surface area (Å²) >= 11 is 0. The molecule has 0 saturated heterocycles. The Morgan fingerprint density at radius 1 is 0.483 bits per heavy atom. The lowest BCUT2D eigenvalue weighted by atomic mass is 9.81. The number of rotatable bonds is 8. The predicted octanol–water partition coefficient (Wildman–Crippen LogP) is 8.61. The van der Waals surface area contributed by atoms with Gasteiger partial charge in [0, 0.05) is 22.3 Å². The van der Waals surface area contributed by atoms with Crippen LogP contribution in [0.4, 0.5) is 0 Å². The summed E-state index contributed by atoms with van der Waals surface area (Å²) in [6.45, 7) is 0. The summed E-state index contributed by atoms with van der Waals surface area (Å²) in [6, 6.07) is 34.2. The summed E-state index contributed by atoms with van der Waals surface area (Å²) in [4.78, 5) is 51.6. The SMILES string of the molecule is COc1ccc(-c2cc(-c3ccc(OC)cc3)c3c(=O)n4c(nc3n2)C2(CCCCC2)n2c-4nc3nc(-c4ccc(OC)cc4)cc(-c4ccc(OC)cc4)c3c2=O)cc1. The molecule has 10 rings (SSSR count). The Kier molecular flexibility index (Phi) is 8.93. The molecule has 1 aliphatic heterocycles. The number of methoxy groups -OCH3 is 4. The fourth-order valence-electron chi connectivity index (χ4n) is 8.89. The first-order chi connectivity index (χ1) is 29.3. The van der Waals surface area contributed by atoms with Gasteiger partial charge in [-0.1, -0.05) is 43.5 Å². The Bertz CT molecular complexity index is 3080. The van der Waals surface area contributed by atoms with Crippen molar-refractivity contribution in [2.45, 2.75) is 37.6 Å². The minimum Gasteiger partial charge on any atom is -0.497 e. The van der Waals surface area contributed by atoms with Gasteiger partial charge < -0.3 is 18.9 Å². The maximum Gasteiger partial charge on any atom is 0.270 e. The summed E-state index contributed by atoms with van der Waals surface area (Å²) in [6.07, 6.45) is 3.88. The van der Waals surface area contributed by atoms with E-state index in [2.05, 4.69) is 0 Å². The Morgan fingerprint density at radius 3 is 1.32 bits per heavy atom. The summed E-state index contributed by atoms with van der Waals surface area (Å²) in [5, 5.41) is 0.671. The van der Waals surface area contributed by atoms with E-state index in [1.807, 2.05) is 109 Å². The van der Waals surface area contributed by atoms with Gasteiger partial charge in [-0.2, -0.15) is 4.98 Å². The zero-order valence-corrected chi connectivity index (χ0v) is 33.6. The molecule has 0 atom stereocenters. The van der Waals surface area contributed by atoms with E-state index in [4.69, 9.17) is 38.9 Å². The van der Waals surface area contributed by atoms with E-state index in [1.165, 1.54) is 0 Å². The highest BCUT2D eigenvalue weighted by molar-refractivity contribution is 5.96. The van der Waals surface area contributed by atoms with Crippen molar-refractivity contribution in [2.75, 3.05) is 28.4 Å². The second-order valence-corrected chi connectivity index (χ2v) is 15.1. The van der Waals surface area contributed by atoms with Gasteiger partial charge in [0.25, 0.3) is 11.1 Å². The lowest BCUT2D eigenvalue weighted by Gasteiger charge is -2.34. The van der Waals surface area contributed by atoms with Gasteiger partial charge in [-0.3, -0.25) is 14.2 Å². The largest absolute Gasteiger partial charge is 0.497 e. The molecule has 0 bridgehead atoms. The quantitative estimate of drug-likeness (QED) is 0.147. The summed E-state index contributed by atoms with van der Waals surface area (Å²) in [7, 11) is 6.48. The number of pyridine rings is 2. The van der Waals surface area contributed by atoms with Crippen molar-refractivity contribution in [2.24, 2.45) is 0 Å². The number of hydrogen-bond acceptors (Lipinski definition) is 10. The molecule has 60 heavy (non-hydrogen) atoms. The number of aromatic nitrogens is 6. The van der Waals surface area contributed by atoms with Crippen LogP contribution in [0.25, 0.3) is 72.8 Å². The van der Waals surface area contributed by atoms with E-state index in [0.29, 0.717) is 80.6 Å². The molecule has 0 radical (unpaired) electrons. The van der Waals surface area contributed by atoms with Crippen molar-refractivity contribution in [3.05, 3.63) is 136 Å². The molecule has 12 nitrogen and oxygen atoms in total. The zero-order chi connectivity index (χ0) is 41.1. The van der Waals surface area contributed by atoms with Gasteiger partial charge in [-0.15, -0.1) is 0 Å². The highest BCUT2D eigenvalue weighted by Crippen LogP contribution is 2.46. The second kappa shape index (κ2) is 14.5. The Labute approximate surface area is 344 Å². The fraction of sp³-hybridized carbons (Fsp3) is 0.208. The minimum absolute atomic E-state index is 0.198. The average Bonchev–Trinajstić information content (AvgIpc) is 3.56. The van der Waals surface area contributed by atoms with Crippen molar-refractivity contribution in [1.29, 1.82) is 0 Å². The first-order valence-corrected chi connectivity index (χ1v) is 19.9. The molecule has 2 aliphatic rings. The Hall–Kier alpha value is -7.34. The number of nitrogens with zero attached hydrogens (tertiary/aromatic N) is 6. The molecular formula is C48H40N6O6. The third kappa shape index (κ3) is 5.81. The van der Waals surface area contributed by atoms with Crippen LogP contribution < -0.4 is 30.1 Å². The summed E-state index contributed by atoms with van der Waals surface area (Å²) < 4.78 is 25.1. The van der Waals surface area contributed by atoms with Crippen LogP contribution in [-0.2, 0) is 5.54 Å². The summed E-state index contributed by atoms with van der Waals surface area (Å²) in [5.41, 5.74) is 4.71. The van der Waals surface area contributed by atoms with Gasteiger partial charge in [-0.25, -0.2) is 19.5 Å². The standard InChI is InChI=1S/C48H40N6O6/c1-57-32-16-8-28(9-17-32)36-26-38(30-12-20-34(59-3)21-13-30)49-42-40(36)44(55)53-46(51-42)48(24-6-5-7-25-48)54-45(56)41-37(29-10-18-33(58-2)19-11-29)27-39(50-43(41)52-47(53)54)31-14-22-35(60-4)23-15-31/h8-23,26-27H,5-7,24-25H2,1-4H3. The molecule has 5 heterocycles. The van der Waals surface area contributed by atoms with Gasteiger partial charge in [0.05, 0.1) is 50.6 Å². The maximum atomic E-state index is 15.5. The highest BCUT2D eigenvalue weighted by atomic mass is 16.5. The average molecular weight is 797 g/mol. The molecule has 0 N–H and O–H groups in total. The number of ether oxygens (including phenoxy) is 4. The molecule has 0 unspecified atom stereocenters. The fourth-order valence-corrected chi connectivity index (χ4v) is 8.89. The number of hydrogen-bond donors (Lipinski definition) is 0. The predicted molar refractivity (Wildman–Crippen MR) is 231 cm³/mol. The molecule has 4 aromatic heterocycles. The van der Waals surface area contributed by atoms with E-state index in [0.717, 1.165) is 41.5 Å². The van der Waals surface area contributed by atoms with E-state index in [-0.39, 0.29) is 22.7 Å². The number of benzene rings is 4. The molecule has 12 heteroatoms. The molecule has 1 fully saturated rings. The first kappa shape index (κ1) is 37.0. The molecule has 4 aromatic carbocycles. The van der Waals surface area contributed by atoms with Crippen molar-refractivity contribution in [1.82, 2.24) is 29.1 Å². The topological polar surface area (TPSA) is 132 Å². The van der Waals surface area contributed by atoms with Crippen molar-refractivity contribution < 1.29 is 18.9 Å². The van der Waals surface area contributed by atoms with Gasteiger partial charge in [0.1, 0.15) is 34.4 Å². The lowest BCUT2D eigenvalue weighted by Crippen LogP contribution is -2.42. The van der Waals surface area contributed by atoms with Crippen LogP contribution in [0, 0.1) is 0 Å². The molecule has 1 saturated carbocycles. The molecular weight excluding hydrogens is 757 g/mol. The van der Waals surface area contributed by atoms with E-state index in [1.54, 1.807) is 37.6 Å². The van der Waals surface area contributed by atoms with Crippen molar-refractivity contribution in [3.8, 4) is 73.7 Å². The van der Waals surface area contributed by atoms with Crippen LogP contribution in [0.2, 0.25) is 0 Å². The van der Waals surface area contributed by atoms with Crippen molar-refractivity contribution >= 4 is 22.1 Å². The summed E-state index contributed by atoms with van der Waals surface area (Å²) in [5.74, 6) is 3.45. The highest BCUT2D eigenvalue weighted by Gasteiger charge is 2.49. The molecule has 0 amide bonds. The van der Waals surface area contributed by atoms with Crippen LogP contribution in [0.15, 0.2) is 119 Å². The molecule has 298 valence electrons. The second-order valence-electron chi connectivity index (χ2n) is 15.1. The molecule has 8 aromatic rings. The molecule has 1 aliphatic carbocycles. The third-order valence-corrected chi connectivity index (χ3v) is 12.0. The van der Waals surface area contributed by atoms with Crippen LogP contribution >= 0.6 is 0 Å². The van der Waals surface area contributed by atoms with Gasteiger partial charge in [0.2, 0.25) is 5.95 Å². The Balaban J connectivity index is 1.28. The van der Waals surface area contributed by atoms with Crippen LogP contribution in [0.1, 0.15) is 37.9 Å². The normalized spacial score (nSPS) is 13.9. The first-order valence-electron chi connectivity index (χ1n) is 19.9. The van der Waals surface area contributed by atoms with Crippen LogP contribution in [0.3, 0.4) is 0 Å². The maximum absolute atomic E-state index is 15.5. The van der Waals surface area contributed by atoms with E-state index < -0.39 is 5.54 Å². The van der Waals surface area contributed by atoms with E-state index in [9.17, 15) is 0 Å². The van der Waals surface area contributed by atoms with Crippen LogP contribution in [0.5, 0.6) is 23.0 Å². The monoisotopic (exact) mass is 796 g/mol. The smallest absolute Gasteiger partial charge is 0.270 e. The van der Waals surface area contributed by atoms with Gasteiger partial charge in [-0.05, 0) is 109 Å². The lowest BCUT2D eigenvalue weighted by molar-refractivity contribution is 0.244. The van der Waals surface area contributed by atoms with E-state index >= 15 is 9.59 Å². The minimum atomic E-state index is -0.941. The van der Waals surface area contributed by atoms with Gasteiger partial charge in [0.15, 0.2) is 11.3 Å². The molecule has 1 spiro atoms. The van der Waals surface area contributed by atoms with Gasteiger partial charge >= 0.3 is 0 Å². The zero-order valence-electron chi connectivity index (χ0n) is 33.6. The number of fused-ring (bicyclic) bond motifs is 7. The Morgan fingerprint density at radius 2 is 0.883 bits per heavy atom. The van der Waals surface area contributed by atoms with Crippen molar-refractivity contribution in [3.63, 3.8) is 0 Å². The van der Waals surface area contributed by atoms with Crippen LogP contribution in [-0.4, -0.2) is 57.5 Å². The third-order valence-electron chi connectivity index (χ3n) is 12.0.